The Hall–Kier alpha value is -1.75. The van der Waals surface area contributed by atoms with Crippen molar-refractivity contribution in [2.45, 2.75) is 31.8 Å². The number of benzene rings is 1. The Balaban J connectivity index is 2.12. The fourth-order valence-electron chi connectivity index (χ4n) is 2.59. The number of para-hydroxylation sites is 1. The van der Waals surface area contributed by atoms with Crippen molar-refractivity contribution in [1.29, 1.82) is 0 Å². The van der Waals surface area contributed by atoms with Gasteiger partial charge in [-0.3, -0.25) is 4.79 Å². The van der Waals surface area contributed by atoms with Gasteiger partial charge in [0.05, 0.1) is 19.8 Å². The van der Waals surface area contributed by atoms with Gasteiger partial charge in [-0.25, -0.2) is 0 Å². The van der Waals surface area contributed by atoms with Crippen LogP contribution in [0.25, 0.3) is 0 Å². The molecule has 2 rings (SSSR count). The summed E-state index contributed by atoms with van der Waals surface area (Å²) in [5, 5.41) is 6.45. The highest BCUT2D eigenvalue weighted by molar-refractivity contribution is 5.98. The third-order valence-electron chi connectivity index (χ3n) is 3.61. The summed E-state index contributed by atoms with van der Waals surface area (Å²) in [6.45, 7) is 3.06. The SMILES string of the molecule is COc1cccc(C(=O)NC2CCNC(C)C2)c1OC. The summed E-state index contributed by atoms with van der Waals surface area (Å²) >= 11 is 0. The molecule has 0 aliphatic carbocycles. The van der Waals surface area contributed by atoms with Crippen LogP contribution >= 0.6 is 0 Å². The number of carbonyl (C=O) groups is 1. The molecule has 5 heteroatoms. The molecule has 1 amide bonds. The lowest BCUT2D eigenvalue weighted by Gasteiger charge is -2.28. The van der Waals surface area contributed by atoms with Gasteiger partial charge in [0, 0.05) is 12.1 Å². The molecule has 1 aromatic rings. The molecule has 0 bridgehead atoms. The van der Waals surface area contributed by atoms with Gasteiger partial charge in [0.2, 0.25) is 0 Å². The zero-order valence-electron chi connectivity index (χ0n) is 12.2. The van der Waals surface area contributed by atoms with E-state index in [9.17, 15) is 4.79 Å². The van der Waals surface area contributed by atoms with Crippen LogP contribution in [0, 0.1) is 0 Å². The summed E-state index contributed by atoms with van der Waals surface area (Å²) in [4.78, 5) is 12.4. The average Bonchev–Trinajstić information content (AvgIpc) is 2.46. The summed E-state index contributed by atoms with van der Waals surface area (Å²) < 4.78 is 10.5. The van der Waals surface area contributed by atoms with E-state index in [1.165, 1.54) is 0 Å². The van der Waals surface area contributed by atoms with E-state index in [4.69, 9.17) is 9.47 Å². The summed E-state index contributed by atoms with van der Waals surface area (Å²) in [6, 6.07) is 5.96. The van der Waals surface area contributed by atoms with E-state index in [0.29, 0.717) is 23.1 Å². The van der Waals surface area contributed by atoms with Gasteiger partial charge in [0.25, 0.3) is 5.91 Å². The molecule has 2 unspecified atom stereocenters. The van der Waals surface area contributed by atoms with Gasteiger partial charge in [0.15, 0.2) is 11.5 Å². The number of rotatable bonds is 4. The number of hydrogen-bond donors (Lipinski definition) is 2. The molecule has 5 nitrogen and oxygen atoms in total. The lowest BCUT2D eigenvalue weighted by atomic mass is 10.00. The van der Waals surface area contributed by atoms with Crippen molar-refractivity contribution >= 4 is 5.91 Å². The highest BCUT2D eigenvalue weighted by Crippen LogP contribution is 2.30. The summed E-state index contributed by atoms with van der Waals surface area (Å²) in [5.74, 6) is 0.938. The van der Waals surface area contributed by atoms with Crippen LogP contribution in [-0.4, -0.2) is 38.8 Å². The molecule has 0 radical (unpaired) electrons. The first kappa shape index (κ1) is 14.7. The Labute approximate surface area is 119 Å². The van der Waals surface area contributed by atoms with E-state index in [1.807, 2.05) is 0 Å². The van der Waals surface area contributed by atoms with Crippen molar-refractivity contribution in [3.63, 3.8) is 0 Å². The Morgan fingerprint density at radius 2 is 2.15 bits per heavy atom. The number of piperidine rings is 1. The number of methoxy groups -OCH3 is 2. The van der Waals surface area contributed by atoms with Crippen molar-refractivity contribution in [3.05, 3.63) is 23.8 Å². The van der Waals surface area contributed by atoms with Gasteiger partial charge in [-0.2, -0.15) is 0 Å². The third-order valence-corrected chi connectivity index (χ3v) is 3.61. The molecule has 1 saturated heterocycles. The fraction of sp³-hybridized carbons (Fsp3) is 0.533. The second kappa shape index (κ2) is 6.61. The highest BCUT2D eigenvalue weighted by Gasteiger charge is 2.23. The van der Waals surface area contributed by atoms with E-state index in [-0.39, 0.29) is 11.9 Å². The van der Waals surface area contributed by atoms with Crippen LogP contribution in [0.5, 0.6) is 11.5 Å². The minimum atomic E-state index is -0.111. The van der Waals surface area contributed by atoms with Gasteiger partial charge in [-0.15, -0.1) is 0 Å². The Bertz CT molecular complexity index is 476. The van der Waals surface area contributed by atoms with Crippen molar-refractivity contribution in [1.82, 2.24) is 10.6 Å². The molecular formula is C15H22N2O3. The van der Waals surface area contributed by atoms with E-state index in [1.54, 1.807) is 32.4 Å². The summed E-state index contributed by atoms with van der Waals surface area (Å²) in [6.07, 6.45) is 1.89. The van der Waals surface area contributed by atoms with Gasteiger partial charge < -0.3 is 20.1 Å². The van der Waals surface area contributed by atoms with Crippen LogP contribution in [0.2, 0.25) is 0 Å². The average molecular weight is 278 g/mol. The molecule has 0 saturated carbocycles. The lowest BCUT2D eigenvalue weighted by Crippen LogP contribution is -2.46. The maximum atomic E-state index is 12.4. The van der Waals surface area contributed by atoms with E-state index < -0.39 is 0 Å². The second-order valence-corrected chi connectivity index (χ2v) is 5.09. The van der Waals surface area contributed by atoms with Crippen molar-refractivity contribution in [2.75, 3.05) is 20.8 Å². The van der Waals surface area contributed by atoms with Gasteiger partial charge in [-0.1, -0.05) is 6.07 Å². The van der Waals surface area contributed by atoms with Crippen molar-refractivity contribution < 1.29 is 14.3 Å². The Morgan fingerprint density at radius 1 is 1.35 bits per heavy atom. The van der Waals surface area contributed by atoms with Crippen LogP contribution in [-0.2, 0) is 0 Å². The van der Waals surface area contributed by atoms with Gasteiger partial charge in [-0.05, 0) is 38.4 Å². The molecule has 1 aliphatic rings. The topological polar surface area (TPSA) is 59.6 Å². The first-order chi connectivity index (χ1) is 9.65. The summed E-state index contributed by atoms with van der Waals surface area (Å²) in [5.41, 5.74) is 0.512. The summed E-state index contributed by atoms with van der Waals surface area (Å²) in [7, 11) is 3.11. The van der Waals surface area contributed by atoms with E-state index in [2.05, 4.69) is 17.6 Å². The van der Waals surface area contributed by atoms with Crippen LogP contribution in [0.3, 0.4) is 0 Å². The number of hydrogen-bond acceptors (Lipinski definition) is 4. The predicted octanol–water partition coefficient (Wildman–Crippen LogP) is 1.57. The predicted molar refractivity (Wildman–Crippen MR) is 77.5 cm³/mol. The molecule has 1 aromatic carbocycles. The molecule has 2 N–H and O–H groups in total. The smallest absolute Gasteiger partial charge is 0.255 e. The van der Waals surface area contributed by atoms with Crippen LogP contribution in [0.1, 0.15) is 30.1 Å². The number of ether oxygens (including phenoxy) is 2. The number of carbonyl (C=O) groups excluding carboxylic acids is 1. The van der Waals surface area contributed by atoms with Gasteiger partial charge in [0.1, 0.15) is 0 Å². The minimum Gasteiger partial charge on any atom is -0.493 e. The molecular weight excluding hydrogens is 256 g/mol. The number of nitrogens with one attached hydrogen (secondary N) is 2. The molecule has 1 aliphatic heterocycles. The van der Waals surface area contributed by atoms with Gasteiger partial charge >= 0.3 is 0 Å². The molecule has 0 aromatic heterocycles. The molecule has 1 heterocycles. The Kier molecular flexibility index (Phi) is 4.84. The molecule has 110 valence electrons. The molecule has 1 fully saturated rings. The highest BCUT2D eigenvalue weighted by atomic mass is 16.5. The molecule has 0 spiro atoms. The van der Waals surface area contributed by atoms with Crippen molar-refractivity contribution in [2.24, 2.45) is 0 Å². The van der Waals surface area contributed by atoms with Crippen molar-refractivity contribution in [3.8, 4) is 11.5 Å². The normalized spacial score (nSPS) is 22.1. The standard InChI is InChI=1S/C15H22N2O3/c1-10-9-11(7-8-16-10)17-15(18)12-5-4-6-13(19-2)14(12)20-3/h4-6,10-11,16H,7-9H2,1-3H3,(H,17,18). The van der Waals surface area contributed by atoms with E-state index >= 15 is 0 Å². The maximum Gasteiger partial charge on any atom is 0.255 e. The zero-order valence-corrected chi connectivity index (χ0v) is 12.2. The maximum absolute atomic E-state index is 12.4. The third kappa shape index (κ3) is 3.22. The monoisotopic (exact) mass is 278 g/mol. The quantitative estimate of drug-likeness (QED) is 0.878. The lowest BCUT2D eigenvalue weighted by molar-refractivity contribution is 0.0922. The number of amides is 1. The molecule has 20 heavy (non-hydrogen) atoms. The van der Waals surface area contributed by atoms with Crippen LogP contribution < -0.4 is 20.1 Å². The first-order valence-electron chi connectivity index (χ1n) is 6.91. The zero-order chi connectivity index (χ0) is 14.5. The largest absolute Gasteiger partial charge is 0.493 e. The minimum absolute atomic E-state index is 0.111. The second-order valence-electron chi connectivity index (χ2n) is 5.09. The van der Waals surface area contributed by atoms with E-state index in [0.717, 1.165) is 19.4 Å². The van der Waals surface area contributed by atoms with Crippen LogP contribution in [0.15, 0.2) is 18.2 Å². The Morgan fingerprint density at radius 3 is 2.80 bits per heavy atom. The fourth-order valence-corrected chi connectivity index (χ4v) is 2.59. The molecule has 2 atom stereocenters. The van der Waals surface area contributed by atoms with Crippen LogP contribution in [0.4, 0.5) is 0 Å². The first-order valence-corrected chi connectivity index (χ1v) is 6.91.